The molecule has 1 unspecified atom stereocenters. The Hall–Kier alpha value is 0.597. The van der Waals surface area contributed by atoms with Gasteiger partial charge in [0.2, 0.25) is 0 Å². The van der Waals surface area contributed by atoms with Crippen molar-refractivity contribution >= 4 is 0 Å². The Kier molecular flexibility index (Phi) is 9.12. The molecule has 0 fully saturated rings. The molecule has 0 radical (unpaired) electrons. The van der Waals surface area contributed by atoms with Crippen LogP contribution >= 0.6 is 0 Å². The smallest absolute Gasteiger partial charge is 0.341 e. The Balaban J connectivity index is 0. The van der Waals surface area contributed by atoms with Gasteiger partial charge in [0.25, 0.3) is 0 Å². The third kappa shape index (κ3) is 8.82. The first kappa shape index (κ1) is 9.78. The molecule has 0 rings (SSSR count). The van der Waals surface area contributed by atoms with Crippen molar-refractivity contribution < 1.29 is 18.9 Å². The summed E-state index contributed by atoms with van der Waals surface area (Å²) in [6.07, 6.45) is 1.19. The predicted octanol–water partition coefficient (Wildman–Crippen LogP) is -1.13. The van der Waals surface area contributed by atoms with Gasteiger partial charge in [-0.3, -0.25) is 0 Å². The quantitative estimate of drug-likeness (QED) is 0.275. The van der Waals surface area contributed by atoms with E-state index in [9.17, 15) is 0 Å². The second kappa shape index (κ2) is 5.60. The van der Waals surface area contributed by atoms with Crippen LogP contribution in [-0.2, 0) is 0 Å². The molecule has 1 heteroatoms. The van der Waals surface area contributed by atoms with E-state index in [1.165, 1.54) is 6.42 Å². The molecular weight excluding hydrogens is 67.0 g/mol. The van der Waals surface area contributed by atoms with Crippen LogP contribution in [0.2, 0.25) is 0 Å². The van der Waals surface area contributed by atoms with Gasteiger partial charge in [0.15, 0.2) is 0 Å². The van der Waals surface area contributed by atoms with E-state index in [1.54, 1.807) is 0 Å². The molecule has 6 heavy (non-hydrogen) atoms. The molecule has 0 spiro atoms. The average Bonchev–Trinajstić information content (AvgIpc) is 1.38. The van der Waals surface area contributed by atoms with Crippen molar-refractivity contribution in [1.82, 2.24) is 0 Å². The van der Waals surface area contributed by atoms with E-state index in [2.05, 4.69) is 20.8 Å². The van der Waals surface area contributed by atoms with Crippen LogP contribution in [0.5, 0.6) is 0 Å². The van der Waals surface area contributed by atoms with Gasteiger partial charge >= 0.3 is 18.9 Å². The van der Waals surface area contributed by atoms with E-state index in [0.29, 0.717) is 5.92 Å². The molecule has 1 atom stereocenters. The van der Waals surface area contributed by atoms with Crippen molar-refractivity contribution in [2.75, 3.05) is 0 Å². The molecule has 0 aromatic heterocycles. The molecule has 0 aliphatic carbocycles. The summed E-state index contributed by atoms with van der Waals surface area (Å²) >= 11 is 0. The molecule has 0 aromatic rings. The predicted molar refractivity (Wildman–Crippen MR) is 24.8 cm³/mol. The van der Waals surface area contributed by atoms with Gasteiger partial charge in [0, 0.05) is 0 Å². The van der Waals surface area contributed by atoms with Crippen LogP contribution in [0.3, 0.4) is 0 Å². The molecule has 0 saturated heterocycles. The molecule has 0 saturated carbocycles. The zero-order valence-electron chi connectivity index (χ0n) is 4.99. The SMILES string of the molecule is [CH2-]C(C)CC.[Li+]. The van der Waals surface area contributed by atoms with E-state index in [-0.39, 0.29) is 18.9 Å². The van der Waals surface area contributed by atoms with E-state index in [0.717, 1.165) is 0 Å². The largest absolute Gasteiger partial charge is 1.00 e. The molecular formula is C5H11Li. The normalized spacial score (nSPS) is 12.5. The summed E-state index contributed by atoms with van der Waals surface area (Å²) in [4.78, 5) is 0. The van der Waals surface area contributed by atoms with Crippen LogP contribution in [0, 0.1) is 12.8 Å². The fourth-order valence-electron chi connectivity index (χ4n) is 0. The van der Waals surface area contributed by atoms with Crippen LogP contribution in [0.1, 0.15) is 20.3 Å². The molecule has 0 heterocycles. The Morgan fingerprint density at radius 2 is 1.83 bits per heavy atom. The first-order valence-corrected chi connectivity index (χ1v) is 2.10. The van der Waals surface area contributed by atoms with Crippen LogP contribution in [0.15, 0.2) is 0 Å². The van der Waals surface area contributed by atoms with Crippen LogP contribution in [0.4, 0.5) is 0 Å². The van der Waals surface area contributed by atoms with Crippen LogP contribution < -0.4 is 18.9 Å². The van der Waals surface area contributed by atoms with E-state index >= 15 is 0 Å². The van der Waals surface area contributed by atoms with Gasteiger partial charge in [-0.05, 0) is 0 Å². The zero-order chi connectivity index (χ0) is 4.28. The summed E-state index contributed by atoms with van der Waals surface area (Å²) in [5.41, 5.74) is 0. The second-order valence-corrected chi connectivity index (χ2v) is 1.51. The fourth-order valence-corrected chi connectivity index (χ4v) is 0. The Morgan fingerprint density at radius 3 is 1.83 bits per heavy atom. The van der Waals surface area contributed by atoms with E-state index in [4.69, 9.17) is 0 Å². The third-order valence-corrected chi connectivity index (χ3v) is 0.697. The number of hydrogen-bond acceptors (Lipinski definition) is 0. The summed E-state index contributed by atoms with van der Waals surface area (Å²) in [6, 6.07) is 0. The molecule has 0 aromatic carbocycles. The second-order valence-electron chi connectivity index (χ2n) is 1.51. The molecule has 0 N–H and O–H groups in total. The van der Waals surface area contributed by atoms with Gasteiger partial charge in [-0.25, -0.2) is 0 Å². The van der Waals surface area contributed by atoms with Crippen molar-refractivity contribution in [1.29, 1.82) is 0 Å². The summed E-state index contributed by atoms with van der Waals surface area (Å²) in [5.74, 6) is 0.634. The first-order valence-electron chi connectivity index (χ1n) is 2.10. The maximum absolute atomic E-state index is 3.76. The summed E-state index contributed by atoms with van der Waals surface area (Å²) < 4.78 is 0. The maximum atomic E-state index is 3.76. The molecule has 0 aliphatic rings. The molecule has 0 nitrogen and oxygen atoms in total. The van der Waals surface area contributed by atoms with E-state index < -0.39 is 0 Å². The van der Waals surface area contributed by atoms with Crippen molar-refractivity contribution in [2.24, 2.45) is 5.92 Å². The van der Waals surface area contributed by atoms with Gasteiger partial charge in [0.1, 0.15) is 0 Å². The van der Waals surface area contributed by atoms with Crippen molar-refractivity contribution in [2.45, 2.75) is 20.3 Å². The zero-order valence-corrected chi connectivity index (χ0v) is 4.99. The molecule has 0 amide bonds. The Morgan fingerprint density at radius 1 is 1.67 bits per heavy atom. The monoisotopic (exact) mass is 78.1 g/mol. The fraction of sp³-hybridized carbons (Fsp3) is 0.800. The molecule has 0 bridgehead atoms. The number of hydrogen-bond donors (Lipinski definition) is 0. The minimum absolute atomic E-state index is 0. The van der Waals surface area contributed by atoms with Gasteiger partial charge in [-0.1, -0.05) is 20.3 Å². The first-order chi connectivity index (χ1) is 2.27. The van der Waals surface area contributed by atoms with Gasteiger partial charge in [-0.15, -0.1) is 0 Å². The average molecular weight is 78.1 g/mol. The van der Waals surface area contributed by atoms with Crippen molar-refractivity contribution in [3.8, 4) is 0 Å². The van der Waals surface area contributed by atoms with Crippen molar-refractivity contribution in [3.63, 3.8) is 0 Å². The summed E-state index contributed by atoms with van der Waals surface area (Å²) in [7, 11) is 0. The summed E-state index contributed by atoms with van der Waals surface area (Å²) in [6.45, 7) is 8.00. The van der Waals surface area contributed by atoms with Crippen LogP contribution in [0.25, 0.3) is 0 Å². The van der Waals surface area contributed by atoms with Crippen LogP contribution in [-0.4, -0.2) is 0 Å². The maximum Gasteiger partial charge on any atom is 1.00 e. The Bertz CT molecular complexity index is 17.9. The Labute approximate surface area is 52.5 Å². The van der Waals surface area contributed by atoms with Gasteiger partial charge < -0.3 is 6.92 Å². The molecule has 0 aliphatic heterocycles. The topological polar surface area (TPSA) is 0 Å². The number of rotatable bonds is 1. The summed E-state index contributed by atoms with van der Waals surface area (Å²) in [5, 5.41) is 0. The van der Waals surface area contributed by atoms with E-state index in [1.807, 2.05) is 0 Å². The third-order valence-electron chi connectivity index (χ3n) is 0.697. The minimum atomic E-state index is 0. The van der Waals surface area contributed by atoms with Gasteiger partial charge in [-0.2, -0.15) is 5.92 Å². The standard InChI is InChI=1S/C5H11.Li/c1-4-5(2)3;/h5H,2,4H2,1,3H3;/q-1;+1. The minimum Gasteiger partial charge on any atom is -0.341 e. The van der Waals surface area contributed by atoms with Gasteiger partial charge in [0.05, 0.1) is 0 Å². The molecule has 32 valence electrons. The van der Waals surface area contributed by atoms with Crippen molar-refractivity contribution in [3.05, 3.63) is 6.92 Å².